The molecule has 1 saturated heterocycles. The number of thiazole rings is 1. The van der Waals surface area contributed by atoms with Crippen molar-refractivity contribution in [3.8, 4) is 0 Å². The molecular formula is C9H10F2N2O3S. The largest absolute Gasteiger partial charge is 0.477 e. The first-order chi connectivity index (χ1) is 8.01. The molecule has 2 heterocycles. The number of alkyl halides is 2. The molecule has 5 nitrogen and oxygen atoms in total. The van der Waals surface area contributed by atoms with Crippen molar-refractivity contribution in [2.75, 3.05) is 31.2 Å². The number of carboxylic acid groups (broad SMARTS) is 1. The lowest BCUT2D eigenvalue weighted by Crippen LogP contribution is -2.36. The van der Waals surface area contributed by atoms with E-state index in [0.717, 1.165) is 6.20 Å². The summed E-state index contributed by atoms with van der Waals surface area (Å²) in [5.74, 6) is -6.03. The maximum atomic E-state index is 13.2. The summed E-state index contributed by atoms with van der Waals surface area (Å²) in [5.41, 5.74) is 0. The summed E-state index contributed by atoms with van der Waals surface area (Å²) < 4.78 is 31.5. The van der Waals surface area contributed by atoms with Gasteiger partial charge >= 0.3 is 11.9 Å². The van der Waals surface area contributed by atoms with Crippen LogP contribution in [0.3, 0.4) is 0 Å². The first-order valence-electron chi connectivity index (χ1n) is 4.92. The molecule has 0 aliphatic carbocycles. The molecule has 2 rings (SSSR count). The topological polar surface area (TPSA) is 62.7 Å². The summed E-state index contributed by atoms with van der Waals surface area (Å²) in [6, 6.07) is 0. The van der Waals surface area contributed by atoms with E-state index in [1.54, 1.807) is 4.90 Å². The highest BCUT2D eigenvalue weighted by atomic mass is 32.1. The fourth-order valence-electron chi connectivity index (χ4n) is 1.42. The third-order valence-electron chi connectivity index (χ3n) is 2.35. The molecule has 1 aromatic heterocycles. The van der Waals surface area contributed by atoms with E-state index in [4.69, 9.17) is 9.84 Å². The number of hydrogen-bond donors (Lipinski definition) is 1. The summed E-state index contributed by atoms with van der Waals surface area (Å²) in [6.45, 7) is 2.19. The normalized spacial score (nSPS) is 17.2. The van der Waals surface area contributed by atoms with Crippen molar-refractivity contribution in [3.05, 3.63) is 11.1 Å². The number of carboxylic acids is 1. The molecule has 0 aromatic carbocycles. The van der Waals surface area contributed by atoms with Gasteiger partial charge in [0.1, 0.15) is 4.88 Å². The van der Waals surface area contributed by atoms with E-state index in [0.29, 0.717) is 42.8 Å². The maximum Gasteiger partial charge on any atom is 0.380 e. The lowest BCUT2D eigenvalue weighted by molar-refractivity contribution is -0.165. The lowest BCUT2D eigenvalue weighted by atomic mass is 10.3. The maximum absolute atomic E-state index is 13.2. The van der Waals surface area contributed by atoms with Gasteiger partial charge in [0.15, 0.2) is 5.13 Å². The number of carbonyl (C=O) groups is 1. The molecule has 0 amide bonds. The summed E-state index contributed by atoms with van der Waals surface area (Å²) in [6.07, 6.45) is 0.920. The third kappa shape index (κ3) is 2.37. The Balaban J connectivity index is 2.17. The number of hydrogen-bond acceptors (Lipinski definition) is 5. The highest BCUT2D eigenvalue weighted by Gasteiger charge is 2.43. The zero-order chi connectivity index (χ0) is 12.5. The van der Waals surface area contributed by atoms with Crippen LogP contribution in [0.1, 0.15) is 4.88 Å². The van der Waals surface area contributed by atoms with Crippen molar-refractivity contribution >= 4 is 22.4 Å². The molecule has 1 N–H and O–H groups in total. The van der Waals surface area contributed by atoms with E-state index in [9.17, 15) is 13.6 Å². The molecule has 1 aliphatic rings. The van der Waals surface area contributed by atoms with Gasteiger partial charge in [-0.2, -0.15) is 8.78 Å². The van der Waals surface area contributed by atoms with Crippen molar-refractivity contribution in [2.24, 2.45) is 0 Å². The molecule has 0 spiro atoms. The van der Waals surface area contributed by atoms with Gasteiger partial charge in [-0.05, 0) is 0 Å². The molecular weight excluding hydrogens is 254 g/mol. The Morgan fingerprint density at radius 1 is 1.53 bits per heavy atom. The summed E-state index contributed by atoms with van der Waals surface area (Å²) in [7, 11) is 0. The number of morpholine rings is 1. The minimum atomic E-state index is -3.87. The molecule has 0 bridgehead atoms. The van der Waals surface area contributed by atoms with E-state index < -0.39 is 16.8 Å². The van der Waals surface area contributed by atoms with Gasteiger partial charge in [0.05, 0.1) is 19.4 Å². The molecule has 0 atom stereocenters. The van der Waals surface area contributed by atoms with Gasteiger partial charge in [-0.1, -0.05) is 11.3 Å². The summed E-state index contributed by atoms with van der Waals surface area (Å²) in [5, 5.41) is 8.82. The Morgan fingerprint density at radius 2 is 2.18 bits per heavy atom. The van der Waals surface area contributed by atoms with Crippen LogP contribution in [0, 0.1) is 0 Å². The van der Waals surface area contributed by atoms with Gasteiger partial charge in [-0.3, -0.25) is 0 Å². The predicted molar refractivity (Wildman–Crippen MR) is 56.7 cm³/mol. The van der Waals surface area contributed by atoms with Crippen LogP contribution in [-0.2, 0) is 15.5 Å². The number of halogens is 2. The van der Waals surface area contributed by atoms with E-state index in [1.165, 1.54) is 0 Å². The minimum absolute atomic E-state index is 0.407. The predicted octanol–water partition coefficient (Wildman–Crippen LogP) is 1.16. The third-order valence-corrected chi connectivity index (χ3v) is 3.48. The molecule has 0 saturated carbocycles. The standard InChI is InChI=1S/C9H10F2N2O3S/c10-9(11,7(14)15)6-5-12-8(17-6)13-1-3-16-4-2-13/h5H,1-4H2,(H,14,15). The second kappa shape index (κ2) is 4.53. The zero-order valence-electron chi connectivity index (χ0n) is 8.73. The molecule has 1 fully saturated rings. The van der Waals surface area contributed by atoms with Crippen LogP contribution in [0.25, 0.3) is 0 Å². The van der Waals surface area contributed by atoms with Crippen molar-refractivity contribution in [2.45, 2.75) is 5.92 Å². The van der Waals surface area contributed by atoms with Gasteiger partial charge in [0.2, 0.25) is 0 Å². The van der Waals surface area contributed by atoms with Crippen molar-refractivity contribution in [1.82, 2.24) is 4.98 Å². The van der Waals surface area contributed by atoms with E-state index in [-0.39, 0.29) is 0 Å². The first kappa shape index (κ1) is 12.2. The Hall–Kier alpha value is -1.28. The Bertz CT molecular complexity index is 418. The summed E-state index contributed by atoms with van der Waals surface area (Å²) >= 11 is 0.703. The Morgan fingerprint density at radius 3 is 2.76 bits per heavy atom. The average molecular weight is 264 g/mol. The summed E-state index contributed by atoms with van der Waals surface area (Å²) in [4.78, 5) is 15.5. The number of anilines is 1. The molecule has 94 valence electrons. The van der Waals surface area contributed by atoms with Crippen LogP contribution in [0.5, 0.6) is 0 Å². The van der Waals surface area contributed by atoms with Gasteiger partial charge in [0.25, 0.3) is 0 Å². The molecule has 0 unspecified atom stereocenters. The second-order valence-electron chi connectivity index (χ2n) is 3.49. The number of ether oxygens (including phenoxy) is 1. The van der Waals surface area contributed by atoms with Crippen LogP contribution >= 0.6 is 11.3 Å². The highest BCUT2D eigenvalue weighted by molar-refractivity contribution is 7.15. The fourth-order valence-corrected chi connectivity index (χ4v) is 2.35. The van der Waals surface area contributed by atoms with Gasteiger partial charge in [-0.15, -0.1) is 0 Å². The Kier molecular flexibility index (Phi) is 3.25. The Labute approximate surface area is 99.6 Å². The number of rotatable bonds is 3. The quantitative estimate of drug-likeness (QED) is 0.887. The molecule has 17 heavy (non-hydrogen) atoms. The molecule has 1 aliphatic heterocycles. The van der Waals surface area contributed by atoms with Crippen molar-refractivity contribution in [3.63, 3.8) is 0 Å². The van der Waals surface area contributed by atoms with Crippen LogP contribution < -0.4 is 4.90 Å². The van der Waals surface area contributed by atoms with Gasteiger partial charge in [-0.25, -0.2) is 9.78 Å². The van der Waals surface area contributed by atoms with Gasteiger partial charge < -0.3 is 14.7 Å². The zero-order valence-corrected chi connectivity index (χ0v) is 9.54. The molecule has 0 radical (unpaired) electrons. The second-order valence-corrected chi connectivity index (χ2v) is 4.50. The number of nitrogens with zero attached hydrogens (tertiary/aromatic N) is 2. The highest BCUT2D eigenvalue weighted by Crippen LogP contribution is 2.35. The monoisotopic (exact) mass is 264 g/mol. The van der Waals surface area contributed by atoms with Crippen LogP contribution in [-0.4, -0.2) is 42.4 Å². The minimum Gasteiger partial charge on any atom is -0.477 e. The lowest BCUT2D eigenvalue weighted by Gasteiger charge is -2.26. The van der Waals surface area contributed by atoms with E-state index in [1.807, 2.05) is 0 Å². The van der Waals surface area contributed by atoms with Gasteiger partial charge in [0, 0.05) is 13.1 Å². The molecule has 8 heteroatoms. The average Bonchev–Trinajstić information content (AvgIpc) is 2.80. The van der Waals surface area contributed by atoms with Crippen molar-refractivity contribution in [1.29, 1.82) is 0 Å². The smallest absolute Gasteiger partial charge is 0.380 e. The first-order valence-corrected chi connectivity index (χ1v) is 5.73. The SMILES string of the molecule is O=C(O)C(F)(F)c1cnc(N2CCOCC2)s1. The van der Waals surface area contributed by atoms with Crippen molar-refractivity contribution < 1.29 is 23.4 Å². The van der Waals surface area contributed by atoms with Crippen LogP contribution in [0.2, 0.25) is 0 Å². The fraction of sp³-hybridized carbons (Fsp3) is 0.556. The number of aliphatic carboxylic acids is 1. The van der Waals surface area contributed by atoms with Crippen LogP contribution in [0.15, 0.2) is 6.20 Å². The van der Waals surface area contributed by atoms with E-state index in [2.05, 4.69) is 4.98 Å². The van der Waals surface area contributed by atoms with Crippen LogP contribution in [0.4, 0.5) is 13.9 Å². The van der Waals surface area contributed by atoms with E-state index >= 15 is 0 Å². The number of aromatic nitrogens is 1. The molecule has 1 aromatic rings.